The van der Waals surface area contributed by atoms with Gasteiger partial charge in [-0.05, 0) is 30.0 Å². The molecule has 78 valence electrons. The van der Waals surface area contributed by atoms with Crippen molar-refractivity contribution in [3.63, 3.8) is 0 Å². The molecule has 0 aromatic carbocycles. The Kier molecular flexibility index (Phi) is 4.59. The van der Waals surface area contributed by atoms with Gasteiger partial charge >= 0.3 is 0 Å². The number of rotatable bonds is 5. The molecular formula is C10H11N3O2. The maximum Gasteiger partial charge on any atom is 0.234 e. The van der Waals surface area contributed by atoms with E-state index in [-0.39, 0.29) is 0 Å². The molecule has 0 aliphatic carbocycles. The molecule has 0 saturated carbocycles. The van der Waals surface area contributed by atoms with E-state index in [0.717, 1.165) is 11.8 Å². The minimum absolute atomic E-state index is 0.507. The van der Waals surface area contributed by atoms with Crippen LogP contribution in [0.5, 0.6) is 0 Å². The van der Waals surface area contributed by atoms with Crippen LogP contribution in [0.3, 0.4) is 0 Å². The second kappa shape index (κ2) is 6.31. The van der Waals surface area contributed by atoms with Crippen molar-refractivity contribution in [3.8, 4) is 0 Å². The fraction of sp³-hybridized carbons (Fsp3) is 0.100. The van der Waals surface area contributed by atoms with Crippen LogP contribution in [0.25, 0.3) is 0 Å². The minimum Gasteiger partial charge on any atom is -0.387 e. The minimum atomic E-state index is -0.507. The molecule has 0 fully saturated rings. The van der Waals surface area contributed by atoms with Gasteiger partial charge in [-0.1, -0.05) is 0 Å². The quantitative estimate of drug-likeness (QED) is 0.449. The van der Waals surface area contributed by atoms with Gasteiger partial charge in [-0.15, -0.1) is 0 Å². The summed E-state index contributed by atoms with van der Waals surface area (Å²) in [5.41, 5.74) is 1.10. The summed E-state index contributed by atoms with van der Waals surface area (Å²) in [6.07, 6.45) is 8.90. The number of hydrogen-bond donors (Lipinski definition) is 1. The van der Waals surface area contributed by atoms with Crippen molar-refractivity contribution >= 4 is 0 Å². The first-order chi connectivity index (χ1) is 7.29. The number of nitro groups is 1. The van der Waals surface area contributed by atoms with Crippen molar-refractivity contribution in [1.82, 2.24) is 10.3 Å². The lowest BCUT2D eigenvalue weighted by molar-refractivity contribution is -0.402. The lowest BCUT2D eigenvalue weighted by Gasteiger charge is -1.98. The summed E-state index contributed by atoms with van der Waals surface area (Å²) < 4.78 is 0. The predicted molar refractivity (Wildman–Crippen MR) is 56.4 cm³/mol. The van der Waals surface area contributed by atoms with Gasteiger partial charge in [-0.2, -0.15) is 0 Å². The maximum atomic E-state index is 9.91. The Morgan fingerprint density at radius 3 is 2.80 bits per heavy atom. The average molecular weight is 205 g/mol. The van der Waals surface area contributed by atoms with Gasteiger partial charge in [0.15, 0.2) is 0 Å². The second-order valence-corrected chi connectivity index (χ2v) is 2.72. The molecule has 1 rings (SSSR count). The molecule has 0 bridgehead atoms. The Labute approximate surface area is 87.3 Å². The Morgan fingerprint density at radius 1 is 1.40 bits per heavy atom. The lowest BCUT2D eigenvalue weighted by atomic mass is 10.3. The Balaban J connectivity index is 2.25. The summed E-state index contributed by atoms with van der Waals surface area (Å²) in [5, 5.41) is 12.9. The molecule has 1 N–H and O–H groups in total. The van der Waals surface area contributed by atoms with Gasteiger partial charge in [0, 0.05) is 25.0 Å². The lowest BCUT2D eigenvalue weighted by Crippen LogP contribution is -2.03. The van der Waals surface area contributed by atoms with Crippen LogP contribution in [-0.2, 0) is 6.54 Å². The molecule has 15 heavy (non-hydrogen) atoms. The first-order valence-corrected chi connectivity index (χ1v) is 4.38. The van der Waals surface area contributed by atoms with Crippen LogP contribution in [0.15, 0.2) is 49.1 Å². The topological polar surface area (TPSA) is 68.1 Å². The normalized spacial score (nSPS) is 10.9. The maximum absolute atomic E-state index is 9.91. The molecule has 0 saturated heterocycles. The molecule has 0 amide bonds. The molecule has 0 radical (unpaired) electrons. The van der Waals surface area contributed by atoms with Crippen molar-refractivity contribution in [2.24, 2.45) is 0 Å². The number of aromatic nitrogens is 1. The van der Waals surface area contributed by atoms with Gasteiger partial charge in [0.25, 0.3) is 0 Å². The highest BCUT2D eigenvalue weighted by molar-refractivity contribution is 5.10. The summed E-state index contributed by atoms with van der Waals surface area (Å²) in [4.78, 5) is 13.3. The van der Waals surface area contributed by atoms with Crippen LogP contribution in [-0.4, -0.2) is 9.91 Å². The fourth-order valence-electron chi connectivity index (χ4n) is 0.921. The zero-order valence-electron chi connectivity index (χ0n) is 8.04. The molecule has 1 heterocycles. The zero-order valence-corrected chi connectivity index (χ0v) is 8.04. The van der Waals surface area contributed by atoms with Gasteiger partial charge in [0.2, 0.25) is 6.20 Å². The Hall–Kier alpha value is -2.17. The zero-order chi connectivity index (χ0) is 10.9. The van der Waals surface area contributed by atoms with Crippen molar-refractivity contribution in [1.29, 1.82) is 0 Å². The van der Waals surface area contributed by atoms with E-state index in [2.05, 4.69) is 10.3 Å². The molecule has 1 aromatic rings. The molecule has 0 aliphatic heterocycles. The second-order valence-electron chi connectivity index (χ2n) is 2.72. The number of nitrogens with one attached hydrogen (secondary N) is 1. The summed E-state index contributed by atoms with van der Waals surface area (Å²) in [6, 6.07) is 3.79. The van der Waals surface area contributed by atoms with Gasteiger partial charge in [-0.3, -0.25) is 15.1 Å². The van der Waals surface area contributed by atoms with Crippen molar-refractivity contribution in [3.05, 3.63) is 64.8 Å². The van der Waals surface area contributed by atoms with Crippen LogP contribution < -0.4 is 5.32 Å². The predicted octanol–water partition coefficient (Wildman–Crippen LogP) is 1.48. The first kappa shape index (κ1) is 10.9. The molecule has 0 aliphatic rings. The van der Waals surface area contributed by atoms with E-state index >= 15 is 0 Å². The smallest absolute Gasteiger partial charge is 0.234 e. The van der Waals surface area contributed by atoms with Crippen LogP contribution in [0.2, 0.25) is 0 Å². The van der Waals surface area contributed by atoms with E-state index < -0.39 is 4.92 Å². The molecule has 0 atom stereocenters. The van der Waals surface area contributed by atoms with Crippen molar-refractivity contribution < 1.29 is 4.92 Å². The molecule has 1 aromatic heterocycles. The van der Waals surface area contributed by atoms with Crippen molar-refractivity contribution in [2.75, 3.05) is 0 Å². The van der Waals surface area contributed by atoms with E-state index in [9.17, 15) is 10.1 Å². The summed E-state index contributed by atoms with van der Waals surface area (Å²) in [5.74, 6) is 0. The van der Waals surface area contributed by atoms with Crippen LogP contribution in [0.1, 0.15) is 5.56 Å². The highest BCUT2D eigenvalue weighted by atomic mass is 16.6. The third-order valence-electron chi connectivity index (χ3n) is 1.59. The van der Waals surface area contributed by atoms with Gasteiger partial charge in [0.05, 0.1) is 4.92 Å². The summed E-state index contributed by atoms with van der Waals surface area (Å²) in [6.45, 7) is 0.672. The van der Waals surface area contributed by atoms with Crippen LogP contribution in [0, 0.1) is 10.1 Å². The average Bonchev–Trinajstić information content (AvgIpc) is 2.24. The van der Waals surface area contributed by atoms with Gasteiger partial charge < -0.3 is 5.32 Å². The first-order valence-electron chi connectivity index (χ1n) is 4.38. The van der Waals surface area contributed by atoms with Crippen LogP contribution in [0.4, 0.5) is 0 Å². The number of pyridine rings is 1. The molecule has 0 spiro atoms. The van der Waals surface area contributed by atoms with Gasteiger partial charge in [-0.25, -0.2) is 0 Å². The number of nitrogens with zero attached hydrogens (tertiary/aromatic N) is 2. The largest absolute Gasteiger partial charge is 0.387 e. The molecule has 0 unspecified atom stereocenters. The number of allylic oxidation sites excluding steroid dienone is 2. The van der Waals surface area contributed by atoms with E-state index in [0.29, 0.717) is 6.54 Å². The molecular weight excluding hydrogens is 194 g/mol. The van der Waals surface area contributed by atoms with Crippen molar-refractivity contribution in [2.45, 2.75) is 6.54 Å². The monoisotopic (exact) mass is 205 g/mol. The SMILES string of the molecule is O=[N+]([O-])/C=C/C=C/NCc1ccncc1. The summed E-state index contributed by atoms with van der Waals surface area (Å²) >= 11 is 0. The third-order valence-corrected chi connectivity index (χ3v) is 1.59. The highest BCUT2D eigenvalue weighted by Crippen LogP contribution is 1.94. The molecule has 5 nitrogen and oxygen atoms in total. The highest BCUT2D eigenvalue weighted by Gasteiger charge is 1.86. The van der Waals surface area contributed by atoms with E-state index in [4.69, 9.17) is 0 Å². The fourth-order valence-corrected chi connectivity index (χ4v) is 0.921. The van der Waals surface area contributed by atoms with Gasteiger partial charge in [0.1, 0.15) is 0 Å². The Bertz CT molecular complexity index is 360. The third kappa shape index (κ3) is 5.20. The number of hydrogen-bond acceptors (Lipinski definition) is 4. The summed E-state index contributed by atoms with van der Waals surface area (Å²) in [7, 11) is 0. The van der Waals surface area contributed by atoms with E-state index in [1.165, 1.54) is 6.08 Å². The standard InChI is InChI=1S/C10H11N3O2/c14-13(15)8-2-1-5-12-9-10-3-6-11-7-4-10/h1-8,12H,9H2/b5-1+,8-2+. The van der Waals surface area contributed by atoms with E-state index in [1.54, 1.807) is 24.7 Å². The van der Waals surface area contributed by atoms with Crippen LogP contribution >= 0.6 is 0 Å². The van der Waals surface area contributed by atoms with E-state index in [1.807, 2.05) is 12.1 Å². The Morgan fingerprint density at radius 2 is 2.13 bits per heavy atom. The molecule has 5 heteroatoms.